The maximum atomic E-state index is 14.0. The van der Waals surface area contributed by atoms with Gasteiger partial charge >= 0.3 is 5.97 Å². The van der Waals surface area contributed by atoms with E-state index in [4.69, 9.17) is 30.5 Å². The lowest BCUT2D eigenvalue weighted by Crippen LogP contribution is -2.39. The van der Waals surface area contributed by atoms with E-state index in [1.165, 1.54) is 11.3 Å². The van der Waals surface area contributed by atoms with Gasteiger partial charge in [0.1, 0.15) is 12.4 Å². The zero-order valence-electron chi connectivity index (χ0n) is 25.0. The third kappa shape index (κ3) is 6.59. The first kappa shape index (κ1) is 31.1. The first-order valence-corrected chi connectivity index (χ1v) is 15.6. The standard InChI is InChI=1S/C34H33ClN2O6S/c1-5-40-25-15-13-23(14-16-25)31-30(33(39)42-7-3)21(4)36-34-37(31)32(38)29(44-34)19-22-12-17-27(28(18-22)41-6-2)43-20-24-10-8-9-11-26(24)35/h8-19,31H,5-7,20H2,1-4H3/b29-19-. The summed E-state index contributed by atoms with van der Waals surface area (Å²) in [4.78, 5) is 32.3. The van der Waals surface area contributed by atoms with Gasteiger partial charge in [0.15, 0.2) is 16.3 Å². The van der Waals surface area contributed by atoms with E-state index in [9.17, 15) is 9.59 Å². The predicted octanol–water partition coefficient (Wildman–Crippen LogP) is 5.83. The van der Waals surface area contributed by atoms with Gasteiger partial charge in [-0.1, -0.05) is 59.3 Å². The van der Waals surface area contributed by atoms with Crippen molar-refractivity contribution in [3.63, 3.8) is 0 Å². The average molecular weight is 633 g/mol. The molecule has 0 amide bonds. The van der Waals surface area contributed by atoms with Gasteiger partial charge in [-0.25, -0.2) is 9.79 Å². The molecule has 2 heterocycles. The van der Waals surface area contributed by atoms with Crippen molar-refractivity contribution in [2.24, 2.45) is 4.99 Å². The monoisotopic (exact) mass is 632 g/mol. The maximum absolute atomic E-state index is 14.0. The molecule has 10 heteroatoms. The lowest BCUT2D eigenvalue weighted by molar-refractivity contribution is -0.139. The van der Waals surface area contributed by atoms with E-state index in [0.29, 0.717) is 56.1 Å². The fourth-order valence-corrected chi connectivity index (χ4v) is 6.18. The molecule has 0 saturated carbocycles. The summed E-state index contributed by atoms with van der Waals surface area (Å²) in [6.45, 7) is 8.77. The van der Waals surface area contributed by atoms with Gasteiger partial charge < -0.3 is 18.9 Å². The van der Waals surface area contributed by atoms with Gasteiger partial charge in [-0.2, -0.15) is 0 Å². The third-order valence-electron chi connectivity index (χ3n) is 6.93. The van der Waals surface area contributed by atoms with E-state index in [1.54, 1.807) is 24.5 Å². The van der Waals surface area contributed by atoms with Gasteiger partial charge in [0.2, 0.25) is 0 Å². The number of thiazole rings is 1. The van der Waals surface area contributed by atoms with Crippen molar-refractivity contribution in [3.8, 4) is 17.2 Å². The Bertz CT molecular complexity index is 1880. The van der Waals surface area contributed by atoms with E-state index in [2.05, 4.69) is 4.99 Å². The normalized spacial score (nSPS) is 14.6. The summed E-state index contributed by atoms with van der Waals surface area (Å²) in [6.07, 6.45) is 1.79. The fraction of sp³-hybridized carbons (Fsp3) is 0.265. The average Bonchev–Trinajstić information content (AvgIpc) is 3.31. The highest BCUT2D eigenvalue weighted by atomic mass is 35.5. The summed E-state index contributed by atoms with van der Waals surface area (Å²) in [6, 6.07) is 19.7. The molecule has 0 fully saturated rings. The second kappa shape index (κ2) is 14.0. The summed E-state index contributed by atoms with van der Waals surface area (Å²) in [7, 11) is 0. The van der Waals surface area contributed by atoms with Crippen molar-refractivity contribution in [1.82, 2.24) is 4.57 Å². The van der Waals surface area contributed by atoms with Gasteiger partial charge in [0.05, 0.1) is 41.7 Å². The molecule has 0 spiro atoms. The second-order valence-corrected chi connectivity index (χ2v) is 11.2. The number of rotatable bonds is 11. The van der Waals surface area contributed by atoms with Crippen molar-refractivity contribution in [3.05, 3.63) is 119 Å². The molecular weight excluding hydrogens is 600 g/mol. The minimum absolute atomic E-state index is 0.205. The van der Waals surface area contributed by atoms with Crippen LogP contribution in [0.1, 0.15) is 50.4 Å². The number of fused-ring (bicyclic) bond motifs is 1. The van der Waals surface area contributed by atoms with Crippen LogP contribution in [-0.2, 0) is 16.1 Å². The maximum Gasteiger partial charge on any atom is 0.338 e. The van der Waals surface area contributed by atoms with Gasteiger partial charge in [0, 0.05) is 10.6 Å². The molecule has 1 unspecified atom stereocenters. The summed E-state index contributed by atoms with van der Waals surface area (Å²) in [5.41, 5.74) is 2.93. The Labute approximate surface area is 264 Å². The minimum Gasteiger partial charge on any atom is -0.494 e. The van der Waals surface area contributed by atoms with E-state index >= 15 is 0 Å². The van der Waals surface area contributed by atoms with Crippen LogP contribution in [0, 0.1) is 0 Å². The number of nitrogens with zero attached hydrogens (tertiary/aromatic N) is 2. The molecular formula is C34H33ClN2O6S. The number of hydrogen-bond acceptors (Lipinski definition) is 8. The quantitative estimate of drug-likeness (QED) is 0.193. The molecule has 3 aromatic carbocycles. The van der Waals surface area contributed by atoms with Crippen LogP contribution < -0.4 is 29.1 Å². The van der Waals surface area contributed by atoms with Crippen molar-refractivity contribution < 1.29 is 23.7 Å². The molecule has 5 rings (SSSR count). The number of allylic oxidation sites excluding steroid dienone is 1. The number of carbonyl (C=O) groups is 1. The number of hydrogen-bond donors (Lipinski definition) is 0. The van der Waals surface area contributed by atoms with Gasteiger partial charge in [-0.3, -0.25) is 9.36 Å². The third-order valence-corrected chi connectivity index (χ3v) is 8.28. The number of benzene rings is 3. The molecule has 0 saturated heterocycles. The van der Waals surface area contributed by atoms with Gasteiger partial charge in [-0.05, 0) is 75.2 Å². The lowest BCUT2D eigenvalue weighted by atomic mass is 9.96. The van der Waals surface area contributed by atoms with Gasteiger partial charge in [-0.15, -0.1) is 0 Å². The highest BCUT2D eigenvalue weighted by Crippen LogP contribution is 2.32. The van der Waals surface area contributed by atoms with Crippen LogP contribution >= 0.6 is 22.9 Å². The topological polar surface area (TPSA) is 88.4 Å². The molecule has 0 aliphatic carbocycles. The molecule has 0 radical (unpaired) electrons. The van der Waals surface area contributed by atoms with Crippen molar-refractivity contribution >= 4 is 35.0 Å². The van der Waals surface area contributed by atoms with Crippen molar-refractivity contribution in [2.75, 3.05) is 19.8 Å². The number of carbonyl (C=O) groups excluding carboxylic acids is 1. The zero-order chi connectivity index (χ0) is 31.2. The first-order valence-electron chi connectivity index (χ1n) is 14.4. The van der Waals surface area contributed by atoms with E-state index in [-0.39, 0.29) is 18.8 Å². The molecule has 0 N–H and O–H groups in total. The van der Waals surface area contributed by atoms with Crippen LogP contribution in [0.4, 0.5) is 0 Å². The number of ether oxygens (including phenoxy) is 4. The largest absolute Gasteiger partial charge is 0.494 e. The highest BCUT2D eigenvalue weighted by molar-refractivity contribution is 7.07. The predicted molar refractivity (Wildman–Crippen MR) is 171 cm³/mol. The summed E-state index contributed by atoms with van der Waals surface area (Å²) >= 11 is 7.56. The van der Waals surface area contributed by atoms with E-state index in [0.717, 1.165) is 16.7 Å². The van der Waals surface area contributed by atoms with Crippen LogP contribution in [0.5, 0.6) is 17.2 Å². The summed E-state index contributed by atoms with van der Waals surface area (Å²) in [5.74, 6) is 1.31. The molecule has 0 bridgehead atoms. The molecule has 4 aromatic rings. The summed E-state index contributed by atoms with van der Waals surface area (Å²) in [5, 5.41) is 0.627. The number of halogens is 1. The Balaban J connectivity index is 1.55. The number of aromatic nitrogens is 1. The Morgan fingerprint density at radius 1 is 0.955 bits per heavy atom. The van der Waals surface area contributed by atoms with Crippen LogP contribution in [0.15, 0.2) is 87.8 Å². The van der Waals surface area contributed by atoms with Crippen LogP contribution in [-0.4, -0.2) is 30.4 Å². The molecule has 1 aromatic heterocycles. The Hall–Kier alpha value is -4.34. The van der Waals surface area contributed by atoms with E-state index in [1.807, 2.05) is 80.6 Å². The molecule has 1 aliphatic rings. The zero-order valence-corrected chi connectivity index (χ0v) is 26.5. The molecule has 8 nitrogen and oxygen atoms in total. The summed E-state index contributed by atoms with van der Waals surface area (Å²) < 4.78 is 24.9. The van der Waals surface area contributed by atoms with Crippen molar-refractivity contribution in [2.45, 2.75) is 40.3 Å². The highest BCUT2D eigenvalue weighted by Gasteiger charge is 2.33. The second-order valence-electron chi connectivity index (χ2n) is 9.82. The van der Waals surface area contributed by atoms with Crippen LogP contribution in [0.25, 0.3) is 6.08 Å². The smallest absolute Gasteiger partial charge is 0.338 e. The first-order chi connectivity index (χ1) is 21.3. The van der Waals surface area contributed by atoms with Crippen LogP contribution in [0.3, 0.4) is 0 Å². The fourth-order valence-electron chi connectivity index (χ4n) is 4.94. The van der Waals surface area contributed by atoms with E-state index < -0.39 is 12.0 Å². The van der Waals surface area contributed by atoms with Crippen LogP contribution in [0.2, 0.25) is 5.02 Å². The molecule has 228 valence electrons. The minimum atomic E-state index is -0.706. The molecule has 44 heavy (non-hydrogen) atoms. The Kier molecular flexibility index (Phi) is 9.87. The molecule has 1 aliphatic heterocycles. The lowest BCUT2D eigenvalue weighted by Gasteiger charge is -2.24. The van der Waals surface area contributed by atoms with Crippen molar-refractivity contribution in [1.29, 1.82) is 0 Å². The number of esters is 1. The molecule has 1 atom stereocenters. The van der Waals surface area contributed by atoms with Gasteiger partial charge in [0.25, 0.3) is 5.56 Å². The SMILES string of the molecule is CCOC(=O)C1=C(C)N=c2s/c(=C\c3ccc(OCc4ccccc4Cl)c(OCC)c3)c(=O)n2C1c1ccc(OCC)cc1. The Morgan fingerprint density at radius 3 is 2.41 bits per heavy atom. The Morgan fingerprint density at radius 2 is 1.70 bits per heavy atom.